The Kier molecular flexibility index (Phi) is 7.07. The van der Waals surface area contributed by atoms with Crippen LogP contribution >= 0.6 is 0 Å². The van der Waals surface area contributed by atoms with Gasteiger partial charge < -0.3 is 20.2 Å². The average molecular weight is 445 g/mol. The van der Waals surface area contributed by atoms with Crippen LogP contribution in [0.15, 0.2) is 22.8 Å². The highest BCUT2D eigenvalue weighted by molar-refractivity contribution is 5.75. The summed E-state index contributed by atoms with van der Waals surface area (Å²) in [4.78, 5) is 12.7. The third-order valence-corrected chi connectivity index (χ3v) is 9.07. The highest BCUT2D eigenvalue weighted by Gasteiger charge is 2.61. The first-order valence-corrected chi connectivity index (χ1v) is 13.0. The summed E-state index contributed by atoms with van der Waals surface area (Å²) in [7, 11) is 0. The second kappa shape index (κ2) is 9.50. The Morgan fingerprint density at radius 1 is 1.16 bits per heavy atom. The van der Waals surface area contributed by atoms with Crippen LogP contribution in [0.3, 0.4) is 0 Å². The first-order chi connectivity index (χ1) is 15.2. The molecule has 3 aliphatic carbocycles. The van der Waals surface area contributed by atoms with Gasteiger partial charge in [-0.25, -0.2) is 0 Å². The van der Waals surface area contributed by atoms with Crippen molar-refractivity contribution in [1.29, 1.82) is 0 Å². The number of aliphatic hydroxyl groups is 1. The molecule has 180 valence electrons. The van der Waals surface area contributed by atoms with Gasteiger partial charge in [-0.1, -0.05) is 33.1 Å². The molecule has 4 rings (SSSR count). The molecular weight excluding hydrogens is 400 g/mol. The Labute approximate surface area is 194 Å². The minimum Gasteiger partial charge on any atom is -0.467 e. The second-order valence-corrected chi connectivity index (χ2v) is 12.0. The highest BCUT2D eigenvalue weighted by Crippen LogP contribution is 2.63. The summed E-state index contributed by atoms with van der Waals surface area (Å²) in [6.07, 6.45) is 13.7. The van der Waals surface area contributed by atoms with Gasteiger partial charge in [0.15, 0.2) is 0 Å². The number of amides is 1. The third kappa shape index (κ3) is 5.25. The van der Waals surface area contributed by atoms with Gasteiger partial charge in [-0.15, -0.1) is 0 Å². The summed E-state index contributed by atoms with van der Waals surface area (Å²) in [6, 6.07) is 4.17. The maximum Gasteiger partial charge on any atom is 0.220 e. The molecule has 0 aromatic carbocycles. The minimum absolute atomic E-state index is 0.0857. The molecular formula is C27H44N2O3. The molecule has 1 amide bonds. The zero-order chi connectivity index (χ0) is 22.8. The van der Waals surface area contributed by atoms with Crippen molar-refractivity contribution >= 4 is 5.91 Å². The van der Waals surface area contributed by atoms with Crippen molar-refractivity contribution in [2.24, 2.45) is 22.7 Å². The fourth-order valence-electron chi connectivity index (χ4n) is 7.25. The standard InChI is InChI=1S/C27H44N2O3/c1-25(2)17-23(28-18-20-8-5-4-6-9-20)27(14-13-26(3,31)16-22(25)27)12-11-24(30)29-19-21-10-7-15-32-21/h7,10,15,20,22-23,28,31H,4-6,8-9,11-14,16-19H2,1-3H3,(H,29,30)/t22-,23-,26+,27+/m0/s1. The predicted molar refractivity (Wildman–Crippen MR) is 127 cm³/mol. The SMILES string of the molecule is CC1(C)C[C@H](NCC2CCCCC2)[C@]2(CCC(=O)NCc3ccco3)CC[C@@](C)(O)C[C@@H]12. The van der Waals surface area contributed by atoms with Crippen LogP contribution in [0.4, 0.5) is 0 Å². The lowest BCUT2D eigenvalue weighted by Crippen LogP contribution is -2.52. The largest absolute Gasteiger partial charge is 0.467 e. The first kappa shape index (κ1) is 23.8. The molecule has 3 saturated carbocycles. The summed E-state index contributed by atoms with van der Waals surface area (Å²) < 4.78 is 5.35. The van der Waals surface area contributed by atoms with Crippen LogP contribution in [0, 0.1) is 22.7 Å². The number of rotatable bonds is 8. The van der Waals surface area contributed by atoms with Crippen molar-refractivity contribution < 1.29 is 14.3 Å². The topological polar surface area (TPSA) is 74.5 Å². The average Bonchev–Trinajstić information content (AvgIpc) is 3.35. The maximum absolute atomic E-state index is 12.7. The van der Waals surface area contributed by atoms with E-state index in [0.29, 0.717) is 24.9 Å². The molecule has 4 atom stereocenters. The van der Waals surface area contributed by atoms with Gasteiger partial charge in [-0.3, -0.25) is 4.79 Å². The van der Waals surface area contributed by atoms with Crippen LogP contribution in [-0.2, 0) is 11.3 Å². The Hall–Kier alpha value is -1.33. The van der Waals surface area contributed by atoms with E-state index in [-0.39, 0.29) is 16.7 Å². The number of fused-ring (bicyclic) bond motifs is 1. The van der Waals surface area contributed by atoms with E-state index in [1.165, 1.54) is 32.1 Å². The third-order valence-electron chi connectivity index (χ3n) is 9.07. The predicted octanol–water partition coefficient (Wildman–Crippen LogP) is 5.18. The van der Waals surface area contributed by atoms with E-state index >= 15 is 0 Å². The molecule has 32 heavy (non-hydrogen) atoms. The van der Waals surface area contributed by atoms with E-state index in [1.54, 1.807) is 6.26 Å². The molecule has 0 radical (unpaired) electrons. The summed E-state index contributed by atoms with van der Waals surface area (Å²) in [5, 5.41) is 18.0. The van der Waals surface area contributed by atoms with Gasteiger partial charge >= 0.3 is 0 Å². The van der Waals surface area contributed by atoms with E-state index in [9.17, 15) is 9.90 Å². The molecule has 1 aromatic rings. The normalized spacial score (nSPS) is 34.9. The van der Waals surface area contributed by atoms with Crippen LogP contribution in [-0.4, -0.2) is 29.2 Å². The van der Waals surface area contributed by atoms with E-state index in [0.717, 1.165) is 50.3 Å². The zero-order valence-electron chi connectivity index (χ0n) is 20.4. The molecule has 3 N–H and O–H groups in total. The number of hydrogen-bond acceptors (Lipinski definition) is 4. The molecule has 5 nitrogen and oxygen atoms in total. The minimum atomic E-state index is -0.592. The molecule has 5 heteroatoms. The summed E-state index contributed by atoms with van der Waals surface area (Å²) in [5.41, 5.74) is -0.340. The van der Waals surface area contributed by atoms with Crippen molar-refractivity contribution in [3.63, 3.8) is 0 Å². The molecule has 3 fully saturated rings. The van der Waals surface area contributed by atoms with Gasteiger partial charge in [-0.05, 0) is 93.2 Å². The van der Waals surface area contributed by atoms with Gasteiger partial charge in [-0.2, -0.15) is 0 Å². The van der Waals surface area contributed by atoms with Crippen molar-refractivity contribution in [2.45, 2.75) is 110 Å². The second-order valence-electron chi connectivity index (χ2n) is 12.0. The number of nitrogens with one attached hydrogen (secondary N) is 2. The lowest BCUT2D eigenvalue weighted by atomic mass is 9.57. The molecule has 1 heterocycles. The lowest BCUT2D eigenvalue weighted by Gasteiger charge is -2.51. The molecule has 3 aliphatic rings. The van der Waals surface area contributed by atoms with E-state index in [1.807, 2.05) is 19.1 Å². The van der Waals surface area contributed by atoms with Crippen LogP contribution in [0.5, 0.6) is 0 Å². The molecule has 0 saturated heterocycles. The van der Waals surface area contributed by atoms with E-state index < -0.39 is 5.60 Å². The molecule has 0 unspecified atom stereocenters. The van der Waals surface area contributed by atoms with Crippen LogP contribution in [0.25, 0.3) is 0 Å². The van der Waals surface area contributed by atoms with Gasteiger partial charge in [0.05, 0.1) is 18.4 Å². The molecule has 0 bridgehead atoms. The summed E-state index contributed by atoms with van der Waals surface area (Å²) >= 11 is 0. The van der Waals surface area contributed by atoms with Crippen molar-refractivity contribution in [3.8, 4) is 0 Å². The fraction of sp³-hybridized carbons (Fsp3) is 0.815. The molecule has 0 spiro atoms. The van der Waals surface area contributed by atoms with Crippen molar-refractivity contribution in [3.05, 3.63) is 24.2 Å². The number of furan rings is 1. The Bertz CT molecular complexity index is 751. The fourth-order valence-corrected chi connectivity index (χ4v) is 7.25. The Morgan fingerprint density at radius 2 is 1.94 bits per heavy atom. The quantitative estimate of drug-likeness (QED) is 0.516. The van der Waals surface area contributed by atoms with Gasteiger partial charge in [0, 0.05) is 12.5 Å². The van der Waals surface area contributed by atoms with E-state index in [2.05, 4.69) is 24.5 Å². The Balaban J connectivity index is 1.45. The Morgan fingerprint density at radius 3 is 2.66 bits per heavy atom. The number of carbonyl (C=O) groups is 1. The van der Waals surface area contributed by atoms with Crippen LogP contribution < -0.4 is 10.6 Å². The first-order valence-electron chi connectivity index (χ1n) is 13.0. The summed E-state index contributed by atoms with van der Waals surface area (Å²) in [6.45, 7) is 8.33. The van der Waals surface area contributed by atoms with Gasteiger partial charge in [0.1, 0.15) is 5.76 Å². The smallest absolute Gasteiger partial charge is 0.220 e. The van der Waals surface area contributed by atoms with Crippen LogP contribution in [0.1, 0.15) is 97.2 Å². The number of carbonyl (C=O) groups excluding carboxylic acids is 1. The van der Waals surface area contributed by atoms with Crippen LogP contribution in [0.2, 0.25) is 0 Å². The zero-order valence-corrected chi connectivity index (χ0v) is 20.4. The van der Waals surface area contributed by atoms with Crippen molar-refractivity contribution in [1.82, 2.24) is 10.6 Å². The monoisotopic (exact) mass is 444 g/mol. The molecule has 0 aliphatic heterocycles. The van der Waals surface area contributed by atoms with Gasteiger partial charge in [0.25, 0.3) is 0 Å². The van der Waals surface area contributed by atoms with Crippen molar-refractivity contribution in [2.75, 3.05) is 6.54 Å². The molecule has 1 aromatic heterocycles. The maximum atomic E-state index is 12.7. The van der Waals surface area contributed by atoms with Gasteiger partial charge in [0.2, 0.25) is 5.91 Å². The lowest BCUT2D eigenvalue weighted by molar-refractivity contribution is -0.123. The highest BCUT2D eigenvalue weighted by atomic mass is 16.3. The number of hydrogen-bond donors (Lipinski definition) is 3. The summed E-state index contributed by atoms with van der Waals surface area (Å²) in [5.74, 6) is 2.12. The van der Waals surface area contributed by atoms with E-state index in [4.69, 9.17) is 4.42 Å².